The minimum atomic E-state index is 0.872. The molecule has 4 rings (SSSR count). The van der Waals surface area contributed by atoms with E-state index < -0.39 is 0 Å². The number of hydrogen-bond donors (Lipinski definition) is 1. The summed E-state index contributed by atoms with van der Waals surface area (Å²) in [5.41, 5.74) is 4.87. The second-order valence-electron chi connectivity index (χ2n) is 7.29. The van der Waals surface area contributed by atoms with Crippen molar-refractivity contribution in [3.05, 3.63) is 34.9 Å². The summed E-state index contributed by atoms with van der Waals surface area (Å²) in [4.78, 5) is 0. The summed E-state index contributed by atoms with van der Waals surface area (Å²) in [6, 6.07) is 8.21. The number of hydrogen-bond acceptors (Lipinski definition) is 1. The van der Waals surface area contributed by atoms with Gasteiger partial charge >= 0.3 is 0 Å². The maximum atomic E-state index is 3.76. The Morgan fingerprint density at radius 3 is 2.65 bits per heavy atom. The minimum absolute atomic E-state index is 0.872. The van der Waals surface area contributed by atoms with Gasteiger partial charge in [-0.15, -0.1) is 0 Å². The van der Waals surface area contributed by atoms with E-state index in [-0.39, 0.29) is 0 Å². The fourth-order valence-electron chi connectivity index (χ4n) is 4.31. The maximum Gasteiger partial charge on any atom is 0.00683 e. The first-order valence-corrected chi connectivity index (χ1v) is 8.72. The van der Waals surface area contributed by atoms with Crippen molar-refractivity contribution in [2.45, 2.75) is 63.8 Å². The predicted octanol–water partition coefficient (Wildman–Crippen LogP) is 3.89. The predicted molar refractivity (Wildman–Crippen MR) is 84.0 cm³/mol. The van der Waals surface area contributed by atoms with Crippen molar-refractivity contribution in [3.63, 3.8) is 0 Å². The van der Waals surface area contributed by atoms with Crippen molar-refractivity contribution in [1.82, 2.24) is 5.32 Å². The number of aryl methyl sites for hydroxylation is 2. The van der Waals surface area contributed by atoms with Crippen molar-refractivity contribution in [2.75, 3.05) is 6.54 Å². The molecule has 2 unspecified atom stereocenters. The van der Waals surface area contributed by atoms with Gasteiger partial charge in [0.1, 0.15) is 0 Å². The molecule has 3 aliphatic carbocycles. The molecule has 1 nitrogen and oxygen atoms in total. The van der Waals surface area contributed by atoms with Crippen molar-refractivity contribution < 1.29 is 0 Å². The van der Waals surface area contributed by atoms with E-state index in [9.17, 15) is 0 Å². The summed E-state index contributed by atoms with van der Waals surface area (Å²) in [5, 5.41) is 3.76. The maximum absolute atomic E-state index is 3.76. The Kier molecular flexibility index (Phi) is 3.56. The smallest absolute Gasteiger partial charge is 0.00683 e. The second-order valence-corrected chi connectivity index (χ2v) is 7.29. The Morgan fingerprint density at radius 1 is 0.900 bits per heavy atom. The van der Waals surface area contributed by atoms with Gasteiger partial charge in [-0.1, -0.05) is 24.6 Å². The van der Waals surface area contributed by atoms with Gasteiger partial charge in [0.05, 0.1) is 0 Å². The zero-order valence-electron chi connectivity index (χ0n) is 12.5. The molecule has 108 valence electrons. The van der Waals surface area contributed by atoms with Crippen LogP contribution in [0.1, 0.15) is 55.2 Å². The second kappa shape index (κ2) is 5.52. The lowest BCUT2D eigenvalue weighted by Gasteiger charge is -2.20. The van der Waals surface area contributed by atoms with Gasteiger partial charge in [0, 0.05) is 6.04 Å². The van der Waals surface area contributed by atoms with Crippen LogP contribution in [0, 0.1) is 11.8 Å². The van der Waals surface area contributed by atoms with Gasteiger partial charge in [-0.05, 0) is 86.4 Å². The van der Waals surface area contributed by atoms with E-state index in [1.54, 1.807) is 16.7 Å². The van der Waals surface area contributed by atoms with Crippen molar-refractivity contribution in [1.29, 1.82) is 0 Å². The number of nitrogens with one attached hydrogen (secondary N) is 1. The molecule has 0 aliphatic heterocycles. The molecule has 3 aliphatic rings. The molecular weight excluding hydrogens is 242 g/mol. The molecule has 1 aromatic carbocycles. The number of benzene rings is 1. The average Bonchev–Trinajstić information content (AvgIpc) is 2.99. The van der Waals surface area contributed by atoms with E-state index in [1.165, 1.54) is 64.3 Å². The molecule has 0 aromatic heterocycles. The molecule has 20 heavy (non-hydrogen) atoms. The molecule has 1 N–H and O–H groups in total. The molecule has 0 radical (unpaired) electrons. The molecule has 2 saturated carbocycles. The largest absolute Gasteiger partial charge is 0.314 e. The topological polar surface area (TPSA) is 12.0 Å². The third-order valence-corrected chi connectivity index (χ3v) is 5.72. The van der Waals surface area contributed by atoms with Crippen LogP contribution in [0.25, 0.3) is 0 Å². The molecule has 1 aromatic rings. The third kappa shape index (κ3) is 2.79. The quantitative estimate of drug-likeness (QED) is 0.855. The average molecular weight is 269 g/mol. The van der Waals surface area contributed by atoms with E-state index in [4.69, 9.17) is 0 Å². The fourth-order valence-corrected chi connectivity index (χ4v) is 4.31. The summed E-state index contributed by atoms with van der Waals surface area (Å²) in [6.07, 6.45) is 12.5. The van der Waals surface area contributed by atoms with Gasteiger partial charge in [0.2, 0.25) is 0 Å². The minimum Gasteiger partial charge on any atom is -0.314 e. The molecule has 0 amide bonds. The van der Waals surface area contributed by atoms with Gasteiger partial charge < -0.3 is 5.32 Å². The number of fused-ring (bicyclic) bond motifs is 1. The molecule has 0 saturated heterocycles. The Balaban J connectivity index is 1.39. The highest BCUT2D eigenvalue weighted by molar-refractivity contribution is 5.35. The normalized spacial score (nSPS) is 28.8. The van der Waals surface area contributed by atoms with E-state index in [1.807, 2.05) is 0 Å². The standard InChI is InChI=1S/C19H27N/c1-3-15-8-7-14(11-16(15)4-1)12-17-5-2-6-18(17)13-20-19-9-10-19/h7-8,11,17-20H,1-6,9-10,12-13H2. The lowest BCUT2D eigenvalue weighted by atomic mass is 9.88. The van der Waals surface area contributed by atoms with E-state index in [0.717, 1.165) is 17.9 Å². The van der Waals surface area contributed by atoms with Crippen LogP contribution < -0.4 is 5.32 Å². The third-order valence-electron chi connectivity index (χ3n) is 5.72. The molecular formula is C19H27N. The van der Waals surface area contributed by atoms with Gasteiger partial charge in [0.25, 0.3) is 0 Å². The zero-order chi connectivity index (χ0) is 13.4. The highest BCUT2D eigenvalue weighted by atomic mass is 14.9. The summed E-state index contributed by atoms with van der Waals surface area (Å²) in [5.74, 6) is 1.87. The molecule has 1 heteroatoms. The first kappa shape index (κ1) is 12.9. The van der Waals surface area contributed by atoms with Crippen LogP contribution in [-0.4, -0.2) is 12.6 Å². The van der Waals surface area contributed by atoms with Crippen LogP contribution in [0.2, 0.25) is 0 Å². The van der Waals surface area contributed by atoms with Gasteiger partial charge in [-0.3, -0.25) is 0 Å². The highest BCUT2D eigenvalue weighted by Crippen LogP contribution is 2.35. The van der Waals surface area contributed by atoms with Crippen LogP contribution in [-0.2, 0) is 19.3 Å². The van der Waals surface area contributed by atoms with Crippen molar-refractivity contribution in [2.24, 2.45) is 11.8 Å². The van der Waals surface area contributed by atoms with Crippen molar-refractivity contribution in [3.8, 4) is 0 Å². The van der Waals surface area contributed by atoms with Gasteiger partial charge in [-0.25, -0.2) is 0 Å². The van der Waals surface area contributed by atoms with E-state index >= 15 is 0 Å². The first-order valence-electron chi connectivity index (χ1n) is 8.72. The summed E-state index contributed by atoms with van der Waals surface area (Å²) >= 11 is 0. The number of rotatable bonds is 5. The Labute approximate surface area is 123 Å². The molecule has 0 bridgehead atoms. The Hall–Kier alpha value is -0.820. The summed E-state index contributed by atoms with van der Waals surface area (Å²) in [7, 11) is 0. The SMILES string of the molecule is c1cc2c(cc1CC1CCCC1CNC1CC1)CCC2. The van der Waals surface area contributed by atoms with Crippen LogP contribution >= 0.6 is 0 Å². The lowest BCUT2D eigenvalue weighted by Crippen LogP contribution is -2.27. The van der Waals surface area contributed by atoms with Crippen LogP contribution in [0.15, 0.2) is 18.2 Å². The van der Waals surface area contributed by atoms with Crippen LogP contribution in [0.5, 0.6) is 0 Å². The molecule has 2 fully saturated rings. The fraction of sp³-hybridized carbons (Fsp3) is 0.684. The van der Waals surface area contributed by atoms with E-state index in [0.29, 0.717) is 0 Å². The van der Waals surface area contributed by atoms with Crippen LogP contribution in [0.3, 0.4) is 0 Å². The monoisotopic (exact) mass is 269 g/mol. The van der Waals surface area contributed by atoms with Gasteiger partial charge in [-0.2, -0.15) is 0 Å². The summed E-state index contributed by atoms with van der Waals surface area (Å²) in [6.45, 7) is 1.28. The van der Waals surface area contributed by atoms with Crippen molar-refractivity contribution >= 4 is 0 Å². The Bertz CT molecular complexity index is 475. The highest BCUT2D eigenvalue weighted by Gasteiger charge is 2.29. The van der Waals surface area contributed by atoms with E-state index in [2.05, 4.69) is 23.5 Å². The van der Waals surface area contributed by atoms with Gasteiger partial charge in [0.15, 0.2) is 0 Å². The Morgan fingerprint density at radius 2 is 1.75 bits per heavy atom. The lowest BCUT2D eigenvalue weighted by molar-refractivity contribution is 0.364. The first-order chi connectivity index (χ1) is 9.88. The molecule has 0 spiro atoms. The summed E-state index contributed by atoms with van der Waals surface area (Å²) < 4.78 is 0. The molecule has 0 heterocycles. The molecule has 2 atom stereocenters. The zero-order valence-corrected chi connectivity index (χ0v) is 12.5. The van der Waals surface area contributed by atoms with Crippen LogP contribution in [0.4, 0.5) is 0 Å².